The number of phenolic OH excluding ortho intramolecular Hbond substituents is 1. The molecule has 0 radical (unpaired) electrons. The first-order valence-corrected chi connectivity index (χ1v) is 6.09. The highest BCUT2D eigenvalue weighted by atomic mass is 79.9. The van der Waals surface area contributed by atoms with Crippen molar-refractivity contribution in [2.75, 3.05) is 6.61 Å². The first kappa shape index (κ1) is 14.1. The number of hydrogen-bond acceptors (Lipinski definition) is 4. The molecule has 7 heteroatoms. The lowest BCUT2D eigenvalue weighted by atomic mass is 10.2. The van der Waals surface area contributed by atoms with Gasteiger partial charge >= 0.3 is 5.97 Å². The van der Waals surface area contributed by atoms with Crippen LogP contribution >= 0.6 is 31.9 Å². The third-order valence-electron chi connectivity index (χ3n) is 1.91. The highest BCUT2D eigenvalue weighted by Gasteiger charge is 2.14. The number of carbonyl (C=O) groups is 1. The molecule has 0 bridgehead atoms. The number of aliphatic hydroxyl groups excluding tert-OH is 1. The molecule has 5 nitrogen and oxygen atoms in total. The van der Waals surface area contributed by atoms with Crippen molar-refractivity contribution in [3.05, 3.63) is 26.6 Å². The van der Waals surface area contributed by atoms with Crippen LogP contribution < -0.4 is 0 Å². The van der Waals surface area contributed by atoms with Crippen LogP contribution in [0.25, 0.3) is 0 Å². The van der Waals surface area contributed by atoms with Crippen molar-refractivity contribution in [3.8, 4) is 5.75 Å². The van der Waals surface area contributed by atoms with Crippen LogP contribution in [0.15, 0.2) is 26.1 Å². The van der Waals surface area contributed by atoms with Gasteiger partial charge in [0.2, 0.25) is 0 Å². The van der Waals surface area contributed by atoms with Crippen LogP contribution in [0.2, 0.25) is 0 Å². The van der Waals surface area contributed by atoms with Gasteiger partial charge in [-0.3, -0.25) is 4.99 Å². The van der Waals surface area contributed by atoms with E-state index in [0.29, 0.717) is 14.5 Å². The van der Waals surface area contributed by atoms with Gasteiger partial charge in [0, 0.05) is 16.3 Å². The number of phenols is 1. The molecule has 0 aliphatic carbocycles. The number of aromatic hydroxyl groups is 1. The van der Waals surface area contributed by atoms with Gasteiger partial charge in [0.15, 0.2) is 6.04 Å². The van der Waals surface area contributed by atoms with E-state index in [9.17, 15) is 9.90 Å². The van der Waals surface area contributed by atoms with Gasteiger partial charge in [0.05, 0.1) is 11.1 Å². The Morgan fingerprint density at radius 3 is 2.65 bits per heavy atom. The molecule has 0 aliphatic rings. The lowest BCUT2D eigenvalue weighted by molar-refractivity contribution is -0.139. The minimum Gasteiger partial charge on any atom is -0.506 e. The predicted molar refractivity (Wildman–Crippen MR) is 69.6 cm³/mol. The molecule has 3 N–H and O–H groups in total. The fourth-order valence-electron chi connectivity index (χ4n) is 1.04. The summed E-state index contributed by atoms with van der Waals surface area (Å²) in [6.45, 7) is -0.595. The molecule has 92 valence electrons. The second kappa shape index (κ2) is 6.13. The third kappa shape index (κ3) is 3.79. The summed E-state index contributed by atoms with van der Waals surface area (Å²) in [6.07, 6.45) is 1.21. The maximum absolute atomic E-state index is 10.6. The van der Waals surface area contributed by atoms with Crippen LogP contribution in [0, 0.1) is 0 Å². The summed E-state index contributed by atoms with van der Waals surface area (Å²) in [4.78, 5) is 14.3. The van der Waals surface area contributed by atoms with Crippen molar-refractivity contribution < 1.29 is 20.1 Å². The van der Waals surface area contributed by atoms with E-state index < -0.39 is 18.6 Å². The van der Waals surface area contributed by atoms with Crippen LogP contribution in [-0.2, 0) is 4.79 Å². The zero-order valence-electron chi connectivity index (χ0n) is 8.47. The average Bonchev–Trinajstić information content (AvgIpc) is 2.25. The molecule has 0 aliphatic heterocycles. The first-order chi connectivity index (χ1) is 7.95. The second-order valence-corrected chi connectivity index (χ2v) is 4.91. The summed E-state index contributed by atoms with van der Waals surface area (Å²) in [5.74, 6) is -1.27. The molecule has 0 aromatic heterocycles. The molecule has 0 heterocycles. The number of rotatable bonds is 4. The number of halogens is 2. The van der Waals surface area contributed by atoms with E-state index in [2.05, 4.69) is 36.9 Å². The van der Waals surface area contributed by atoms with Crippen LogP contribution in [0.3, 0.4) is 0 Å². The molecule has 0 amide bonds. The Morgan fingerprint density at radius 1 is 1.47 bits per heavy atom. The van der Waals surface area contributed by atoms with Crippen molar-refractivity contribution in [3.63, 3.8) is 0 Å². The predicted octanol–water partition coefficient (Wildman–Crippen LogP) is 1.78. The van der Waals surface area contributed by atoms with Crippen molar-refractivity contribution in [1.82, 2.24) is 0 Å². The largest absolute Gasteiger partial charge is 0.506 e. The number of nitrogens with zero attached hydrogens (tertiary/aromatic N) is 1. The molecule has 0 saturated heterocycles. The van der Waals surface area contributed by atoms with E-state index in [4.69, 9.17) is 10.2 Å². The van der Waals surface area contributed by atoms with Gasteiger partial charge in [-0.15, -0.1) is 0 Å². The van der Waals surface area contributed by atoms with Gasteiger partial charge in [-0.2, -0.15) is 0 Å². The van der Waals surface area contributed by atoms with Gasteiger partial charge in [0.25, 0.3) is 0 Å². The smallest absolute Gasteiger partial charge is 0.330 e. The van der Waals surface area contributed by atoms with Crippen LogP contribution in [0.4, 0.5) is 0 Å². The van der Waals surface area contributed by atoms with Gasteiger partial charge in [-0.05, 0) is 28.1 Å². The second-order valence-electron chi connectivity index (χ2n) is 3.14. The SMILES string of the molecule is O=C(O)[C@H](CO)N=Cc1cc(Br)cc(Br)c1O. The van der Waals surface area contributed by atoms with E-state index in [1.54, 1.807) is 12.1 Å². The molecular formula is C10H9Br2NO4. The molecule has 1 aromatic carbocycles. The molecule has 1 rings (SSSR count). The Morgan fingerprint density at radius 2 is 2.12 bits per heavy atom. The Kier molecular flexibility index (Phi) is 5.10. The lowest BCUT2D eigenvalue weighted by Gasteiger charge is -2.05. The molecule has 0 spiro atoms. The fraction of sp³-hybridized carbons (Fsp3) is 0.200. The molecule has 1 atom stereocenters. The molecular weight excluding hydrogens is 358 g/mol. The number of benzene rings is 1. The monoisotopic (exact) mass is 365 g/mol. The summed E-state index contributed by atoms with van der Waals surface area (Å²) >= 11 is 6.37. The highest BCUT2D eigenvalue weighted by Crippen LogP contribution is 2.30. The Bertz CT molecular complexity index is 462. The number of hydrogen-bond donors (Lipinski definition) is 3. The summed E-state index contributed by atoms with van der Waals surface area (Å²) in [7, 11) is 0. The molecule has 0 fully saturated rings. The Hall–Kier alpha value is -0.920. The normalized spacial score (nSPS) is 12.9. The zero-order chi connectivity index (χ0) is 13.0. The summed E-state index contributed by atoms with van der Waals surface area (Å²) in [6, 6.07) is 2.00. The maximum atomic E-state index is 10.6. The third-order valence-corrected chi connectivity index (χ3v) is 2.97. The minimum atomic E-state index is -1.23. The van der Waals surface area contributed by atoms with Crippen LogP contribution in [-0.4, -0.2) is 40.2 Å². The number of aliphatic hydroxyl groups is 1. The van der Waals surface area contributed by atoms with E-state index in [-0.39, 0.29) is 5.75 Å². The van der Waals surface area contributed by atoms with Gasteiger partial charge in [0.1, 0.15) is 5.75 Å². The molecule has 0 saturated carbocycles. The standard InChI is InChI=1S/C10H9Br2NO4/c11-6-1-5(9(15)7(12)2-6)3-13-8(4-14)10(16)17/h1-3,8,14-15H,4H2,(H,16,17)/t8-/m0/s1. The van der Waals surface area contributed by atoms with Crippen LogP contribution in [0.5, 0.6) is 5.75 Å². The fourth-order valence-corrected chi connectivity index (χ4v) is 2.30. The highest BCUT2D eigenvalue weighted by molar-refractivity contribution is 9.11. The van der Waals surface area contributed by atoms with E-state index in [1.807, 2.05) is 0 Å². The topological polar surface area (TPSA) is 90.1 Å². The molecule has 0 unspecified atom stereocenters. The molecule has 17 heavy (non-hydrogen) atoms. The Labute approximate surface area is 114 Å². The van der Waals surface area contributed by atoms with Crippen molar-refractivity contribution in [1.29, 1.82) is 0 Å². The summed E-state index contributed by atoms with van der Waals surface area (Å²) in [5, 5.41) is 27.1. The zero-order valence-corrected chi connectivity index (χ0v) is 11.6. The van der Waals surface area contributed by atoms with E-state index in [0.717, 1.165) is 0 Å². The van der Waals surface area contributed by atoms with Crippen molar-refractivity contribution in [2.24, 2.45) is 4.99 Å². The number of aliphatic carboxylic acids is 1. The number of carboxylic acids is 1. The van der Waals surface area contributed by atoms with Crippen molar-refractivity contribution >= 4 is 44.0 Å². The van der Waals surface area contributed by atoms with Gasteiger partial charge < -0.3 is 15.3 Å². The average molecular weight is 367 g/mol. The first-order valence-electron chi connectivity index (χ1n) is 4.50. The number of carboxylic acid groups (broad SMARTS) is 1. The van der Waals surface area contributed by atoms with Crippen molar-refractivity contribution in [2.45, 2.75) is 6.04 Å². The van der Waals surface area contributed by atoms with Gasteiger partial charge in [-0.1, -0.05) is 15.9 Å². The lowest BCUT2D eigenvalue weighted by Crippen LogP contribution is -2.22. The van der Waals surface area contributed by atoms with E-state index >= 15 is 0 Å². The summed E-state index contributed by atoms with van der Waals surface area (Å²) < 4.78 is 1.17. The maximum Gasteiger partial charge on any atom is 0.330 e. The summed E-state index contributed by atoms with van der Waals surface area (Å²) in [5.41, 5.74) is 0.353. The number of aliphatic imine (C=N–C) groups is 1. The Balaban J connectivity index is 3.02. The van der Waals surface area contributed by atoms with Gasteiger partial charge in [-0.25, -0.2) is 4.79 Å². The quantitative estimate of drug-likeness (QED) is 0.708. The minimum absolute atomic E-state index is 0.0426. The van der Waals surface area contributed by atoms with Crippen LogP contribution in [0.1, 0.15) is 5.56 Å². The molecule has 1 aromatic rings. The van der Waals surface area contributed by atoms with E-state index in [1.165, 1.54) is 6.21 Å².